The molecule has 0 bridgehead atoms. The maximum Gasteiger partial charge on any atom is 0.0938 e. The Bertz CT molecular complexity index is 575. The van der Waals surface area contributed by atoms with Gasteiger partial charge >= 0.3 is 0 Å². The molecule has 18 heavy (non-hydrogen) atoms. The molecular formula is C14H16N2S2. The molecule has 0 N–H and O–H groups in total. The zero-order valence-electron chi connectivity index (χ0n) is 10.7. The average Bonchev–Trinajstić information content (AvgIpc) is 2.88. The van der Waals surface area contributed by atoms with Gasteiger partial charge in [-0.1, -0.05) is 13.8 Å². The Morgan fingerprint density at radius 1 is 0.833 bits per heavy atom. The summed E-state index contributed by atoms with van der Waals surface area (Å²) in [6, 6.07) is 4.41. The maximum atomic E-state index is 4.71. The molecule has 2 nitrogen and oxygen atoms in total. The molecule has 0 aliphatic carbocycles. The number of aryl methyl sites for hydroxylation is 2. The topological polar surface area (TPSA) is 25.8 Å². The van der Waals surface area contributed by atoms with Crippen molar-refractivity contribution in [2.45, 2.75) is 39.5 Å². The molecule has 0 aliphatic rings. The summed E-state index contributed by atoms with van der Waals surface area (Å²) in [5, 5.41) is 2.50. The van der Waals surface area contributed by atoms with Crippen LogP contribution in [-0.2, 0) is 12.8 Å². The minimum Gasteiger partial charge on any atom is -0.241 e. The normalized spacial score (nSPS) is 11.7. The molecule has 0 atom stereocenters. The van der Waals surface area contributed by atoms with Crippen LogP contribution in [0.5, 0.6) is 0 Å². The van der Waals surface area contributed by atoms with E-state index in [-0.39, 0.29) is 0 Å². The van der Waals surface area contributed by atoms with E-state index in [1.807, 2.05) is 22.7 Å². The standard InChI is InChI=1S/C14H16N2S2/c1-3-5-13-15-9-7-12-10(8-11(9)17-13)16-14(18-12)6-4-2/h7-8H,3-6H2,1-2H3. The molecule has 2 heterocycles. The summed E-state index contributed by atoms with van der Waals surface area (Å²) in [5.74, 6) is 0. The lowest BCUT2D eigenvalue weighted by atomic mass is 10.3. The molecule has 0 saturated carbocycles. The van der Waals surface area contributed by atoms with Crippen molar-refractivity contribution in [1.29, 1.82) is 0 Å². The van der Waals surface area contributed by atoms with Crippen molar-refractivity contribution in [3.63, 3.8) is 0 Å². The molecule has 0 saturated heterocycles. The molecule has 1 aromatic carbocycles. The van der Waals surface area contributed by atoms with Crippen molar-refractivity contribution in [1.82, 2.24) is 9.97 Å². The number of benzene rings is 1. The number of rotatable bonds is 4. The van der Waals surface area contributed by atoms with Crippen molar-refractivity contribution >= 4 is 43.1 Å². The largest absolute Gasteiger partial charge is 0.241 e. The van der Waals surface area contributed by atoms with Gasteiger partial charge in [-0.25, -0.2) is 9.97 Å². The van der Waals surface area contributed by atoms with Gasteiger partial charge < -0.3 is 0 Å². The van der Waals surface area contributed by atoms with Crippen molar-refractivity contribution in [3.05, 3.63) is 22.1 Å². The Morgan fingerprint density at radius 3 is 1.67 bits per heavy atom. The zero-order chi connectivity index (χ0) is 12.5. The van der Waals surface area contributed by atoms with Gasteiger partial charge in [0.05, 0.1) is 30.4 Å². The molecular weight excluding hydrogens is 260 g/mol. The number of thiazole rings is 2. The smallest absolute Gasteiger partial charge is 0.0938 e. The lowest BCUT2D eigenvalue weighted by Gasteiger charge is -1.87. The van der Waals surface area contributed by atoms with E-state index in [4.69, 9.17) is 9.97 Å². The predicted octanol–water partition coefficient (Wildman–Crippen LogP) is 4.81. The highest BCUT2D eigenvalue weighted by atomic mass is 32.1. The van der Waals surface area contributed by atoms with Gasteiger partial charge in [-0.15, -0.1) is 22.7 Å². The SMILES string of the molecule is CCCc1nc2cc3sc(CCC)nc3cc2s1. The quantitative estimate of drug-likeness (QED) is 0.683. The molecule has 3 rings (SSSR count). The molecule has 2 aromatic heterocycles. The van der Waals surface area contributed by atoms with E-state index in [1.54, 1.807) is 0 Å². The Labute approximate surface area is 115 Å². The van der Waals surface area contributed by atoms with E-state index in [1.165, 1.54) is 19.4 Å². The molecule has 0 amide bonds. The first-order valence-corrected chi connectivity index (χ1v) is 8.12. The molecule has 94 valence electrons. The summed E-state index contributed by atoms with van der Waals surface area (Å²) < 4.78 is 2.55. The van der Waals surface area contributed by atoms with Crippen LogP contribution in [0.3, 0.4) is 0 Å². The number of hydrogen-bond acceptors (Lipinski definition) is 4. The van der Waals surface area contributed by atoms with Gasteiger partial charge in [0.25, 0.3) is 0 Å². The van der Waals surface area contributed by atoms with Gasteiger partial charge in [0.1, 0.15) is 0 Å². The summed E-state index contributed by atoms with van der Waals surface area (Å²) in [7, 11) is 0. The van der Waals surface area contributed by atoms with Crippen LogP contribution in [0.15, 0.2) is 12.1 Å². The van der Waals surface area contributed by atoms with Gasteiger partial charge in [-0.2, -0.15) is 0 Å². The van der Waals surface area contributed by atoms with E-state index in [0.717, 1.165) is 36.7 Å². The van der Waals surface area contributed by atoms with Crippen LogP contribution in [-0.4, -0.2) is 9.97 Å². The van der Waals surface area contributed by atoms with E-state index in [9.17, 15) is 0 Å². The first-order chi connectivity index (χ1) is 8.80. The first kappa shape index (κ1) is 12.1. The Morgan fingerprint density at radius 2 is 1.28 bits per heavy atom. The van der Waals surface area contributed by atoms with Crippen LogP contribution in [0.1, 0.15) is 36.7 Å². The number of hydrogen-bond donors (Lipinski definition) is 0. The van der Waals surface area contributed by atoms with E-state index in [2.05, 4.69) is 26.0 Å². The monoisotopic (exact) mass is 276 g/mol. The molecule has 0 aliphatic heterocycles. The second-order valence-electron chi connectivity index (χ2n) is 4.50. The minimum atomic E-state index is 1.08. The summed E-state index contributed by atoms with van der Waals surface area (Å²) in [4.78, 5) is 9.41. The van der Waals surface area contributed by atoms with Crippen LogP contribution >= 0.6 is 22.7 Å². The highest BCUT2D eigenvalue weighted by Crippen LogP contribution is 2.31. The van der Waals surface area contributed by atoms with Crippen molar-refractivity contribution in [3.8, 4) is 0 Å². The average molecular weight is 276 g/mol. The molecule has 0 unspecified atom stereocenters. The zero-order valence-corrected chi connectivity index (χ0v) is 12.3. The summed E-state index contributed by atoms with van der Waals surface area (Å²) >= 11 is 3.63. The molecule has 0 spiro atoms. The van der Waals surface area contributed by atoms with Crippen LogP contribution < -0.4 is 0 Å². The Hall–Kier alpha value is -1.00. The van der Waals surface area contributed by atoms with E-state index in [0.29, 0.717) is 0 Å². The van der Waals surface area contributed by atoms with Gasteiger partial charge in [-0.05, 0) is 37.8 Å². The third kappa shape index (κ3) is 2.15. The van der Waals surface area contributed by atoms with E-state index < -0.39 is 0 Å². The lowest BCUT2D eigenvalue weighted by Crippen LogP contribution is -1.78. The van der Waals surface area contributed by atoms with Crippen molar-refractivity contribution < 1.29 is 0 Å². The summed E-state index contributed by atoms with van der Waals surface area (Å²) in [6.07, 6.45) is 4.49. The second kappa shape index (κ2) is 4.94. The Balaban J connectivity index is 2.09. The summed E-state index contributed by atoms with van der Waals surface area (Å²) in [6.45, 7) is 4.40. The van der Waals surface area contributed by atoms with Gasteiger partial charge in [0.15, 0.2) is 0 Å². The van der Waals surface area contributed by atoms with Crippen LogP contribution in [0, 0.1) is 0 Å². The fourth-order valence-electron chi connectivity index (χ4n) is 2.09. The minimum absolute atomic E-state index is 1.08. The Kier molecular flexibility index (Phi) is 3.31. The van der Waals surface area contributed by atoms with Crippen molar-refractivity contribution in [2.24, 2.45) is 0 Å². The molecule has 0 radical (unpaired) electrons. The second-order valence-corrected chi connectivity index (χ2v) is 6.73. The van der Waals surface area contributed by atoms with Crippen LogP contribution in [0.2, 0.25) is 0 Å². The van der Waals surface area contributed by atoms with Crippen LogP contribution in [0.4, 0.5) is 0 Å². The van der Waals surface area contributed by atoms with E-state index >= 15 is 0 Å². The third-order valence-electron chi connectivity index (χ3n) is 2.91. The van der Waals surface area contributed by atoms with Gasteiger partial charge in [0.2, 0.25) is 0 Å². The number of fused-ring (bicyclic) bond motifs is 2. The molecule has 3 aromatic rings. The van der Waals surface area contributed by atoms with Crippen molar-refractivity contribution in [2.75, 3.05) is 0 Å². The predicted molar refractivity (Wildman–Crippen MR) is 80.8 cm³/mol. The lowest BCUT2D eigenvalue weighted by molar-refractivity contribution is 0.913. The first-order valence-electron chi connectivity index (χ1n) is 6.49. The molecule has 0 fully saturated rings. The summed E-state index contributed by atoms with van der Waals surface area (Å²) in [5.41, 5.74) is 2.28. The molecule has 4 heteroatoms. The van der Waals surface area contributed by atoms with Crippen LogP contribution in [0.25, 0.3) is 20.4 Å². The fraction of sp³-hybridized carbons (Fsp3) is 0.429. The number of nitrogens with zero attached hydrogens (tertiary/aromatic N) is 2. The highest BCUT2D eigenvalue weighted by Gasteiger charge is 2.08. The number of aromatic nitrogens is 2. The third-order valence-corrected chi connectivity index (χ3v) is 5.07. The highest BCUT2D eigenvalue weighted by molar-refractivity contribution is 7.20. The van der Waals surface area contributed by atoms with Gasteiger partial charge in [0, 0.05) is 0 Å². The van der Waals surface area contributed by atoms with Gasteiger partial charge in [-0.3, -0.25) is 0 Å². The maximum absolute atomic E-state index is 4.71. The fourth-order valence-corrected chi connectivity index (χ4v) is 4.25.